The summed E-state index contributed by atoms with van der Waals surface area (Å²) in [5.41, 5.74) is 1.53. The van der Waals surface area contributed by atoms with Gasteiger partial charge in [0.2, 0.25) is 5.95 Å². The van der Waals surface area contributed by atoms with E-state index >= 15 is 0 Å². The quantitative estimate of drug-likeness (QED) is 0.882. The molecule has 2 aromatic rings. The Labute approximate surface area is 99.7 Å². The highest BCUT2D eigenvalue weighted by atomic mass is 19.1. The normalized spacial score (nSPS) is 12.2. The Kier molecular flexibility index (Phi) is 3.32. The van der Waals surface area contributed by atoms with Crippen LogP contribution >= 0.6 is 0 Å². The molecule has 0 saturated heterocycles. The fourth-order valence-corrected chi connectivity index (χ4v) is 1.53. The number of hydrogen-bond acceptors (Lipinski definition) is 3. The third-order valence-corrected chi connectivity index (χ3v) is 2.61. The molecule has 2 rings (SSSR count). The van der Waals surface area contributed by atoms with Crippen LogP contribution in [0, 0.1) is 12.7 Å². The van der Waals surface area contributed by atoms with Crippen molar-refractivity contribution in [2.24, 2.45) is 0 Å². The van der Waals surface area contributed by atoms with E-state index < -0.39 is 0 Å². The van der Waals surface area contributed by atoms with Gasteiger partial charge < -0.3 is 5.32 Å². The van der Waals surface area contributed by atoms with Gasteiger partial charge in [-0.25, -0.2) is 14.4 Å². The monoisotopic (exact) mass is 231 g/mol. The van der Waals surface area contributed by atoms with Crippen molar-refractivity contribution in [3.63, 3.8) is 0 Å². The number of aryl methyl sites for hydroxylation is 1. The molecule has 4 heteroatoms. The van der Waals surface area contributed by atoms with Crippen LogP contribution in [0.2, 0.25) is 0 Å². The van der Waals surface area contributed by atoms with Gasteiger partial charge in [0, 0.05) is 12.4 Å². The summed E-state index contributed by atoms with van der Waals surface area (Å²) < 4.78 is 13.4. The summed E-state index contributed by atoms with van der Waals surface area (Å²) in [6.07, 6.45) is 3.33. The third kappa shape index (κ3) is 2.78. The smallest absolute Gasteiger partial charge is 0.223 e. The van der Waals surface area contributed by atoms with Crippen LogP contribution in [0.15, 0.2) is 36.7 Å². The highest BCUT2D eigenvalue weighted by molar-refractivity contribution is 5.32. The van der Waals surface area contributed by atoms with Crippen molar-refractivity contribution in [1.82, 2.24) is 9.97 Å². The zero-order valence-electron chi connectivity index (χ0n) is 9.81. The van der Waals surface area contributed by atoms with Crippen molar-refractivity contribution in [3.8, 4) is 0 Å². The summed E-state index contributed by atoms with van der Waals surface area (Å²) in [6, 6.07) is 6.93. The van der Waals surface area contributed by atoms with Crippen molar-refractivity contribution < 1.29 is 4.39 Å². The number of hydrogen-bond donors (Lipinski definition) is 1. The number of halogens is 1. The van der Waals surface area contributed by atoms with Crippen LogP contribution in [-0.2, 0) is 0 Å². The van der Waals surface area contributed by atoms with E-state index in [1.165, 1.54) is 6.07 Å². The third-order valence-electron chi connectivity index (χ3n) is 2.61. The molecule has 1 aromatic carbocycles. The van der Waals surface area contributed by atoms with E-state index in [9.17, 15) is 4.39 Å². The van der Waals surface area contributed by atoms with E-state index in [0.29, 0.717) is 11.5 Å². The molecular formula is C13H14FN3. The fourth-order valence-electron chi connectivity index (χ4n) is 1.53. The maximum absolute atomic E-state index is 13.4. The number of nitrogens with zero attached hydrogens (tertiary/aromatic N) is 2. The van der Waals surface area contributed by atoms with Gasteiger partial charge in [-0.3, -0.25) is 0 Å². The first-order chi connectivity index (χ1) is 8.16. The Morgan fingerprint density at radius 3 is 2.59 bits per heavy atom. The summed E-state index contributed by atoms with van der Waals surface area (Å²) >= 11 is 0. The van der Waals surface area contributed by atoms with Gasteiger partial charge in [-0.2, -0.15) is 0 Å². The second-order valence-corrected chi connectivity index (χ2v) is 3.95. The molecule has 0 aliphatic rings. The lowest BCUT2D eigenvalue weighted by Crippen LogP contribution is -2.09. The minimum atomic E-state index is -0.190. The molecule has 1 unspecified atom stereocenters. The van der Waals surface area contributed by atoms with Crippen LogP contribution in [0.3, 0.4) is 0 Å². The molecule has 0 aliphatic carbocycles. The Morgan fingerprint density at radius 2 is 1.94 bits per heavy atom. The van der Waals surface area contributed by atoms with Crippen molar-refractivity contribution in [2.45, 2.75) is 19.9 Å². The van der Waals surface area contributed by atoms with Gasteiger partial charge in [-0.15, -0.1) is 0 Å². The summed E-state index contributed by atoms with van der Waals surface area (Å²) in [5, 5.41) is 3.12. The van der Waals surface area contributed by atoms with Gasteiger partial charge in [-0.1, -0.05) is 12.1 Å². The molecule has 1 N–H and O–H groups in total. The van der Waals surface area contributed by atoms with Crippen LogP contribution in [0.5, 0.6) is 0 Å². The van der Waals surface area contributed by atoms with Crippen LogP contribution < -0.4 is 5.32 Å². The molecule has 0 radical (unpaired) electrons. The standard InChI is InChI=1S/C13H14FN3/c1-9-4-5-11(8-12(9)14)10(2)17-13-15-6-3-7-16-13/h3-8,10H,1-2H3,(H,15,16,17). The van der Waals surface area contributed by atoms with Crippen molar-refractivity contribution in [2.75, 3.05) is 5.32 Å². The van der Waals surface area contributed by atoms with Crippen LogP contribution in [0.1, 0.15) is 24.1 Å². The predicted octanol–water partition coefficient (Wildman–Crippen LogP) is 3.10. The zero-order valence-corrected chi connectivity index (χ0v) is 9.81. The first-order valence-electron chi connectivity index (χ1n) is 5.46. The number of rotatable bonds is 3. The maximum atomic E-state index is 13.4. The van der Waals surface area contributed by atoms with E-state index in [1.54, 1.807) is 31.5 Å². The molecule has 1 aromatic heterocycles. The van der Waals surface area contributed by atoms with Crippen LogP contribution in [0.25, 0.3) is 0 Å². The predicted molar refractivity (Wildman–Crippen MR) is 65.2 cm³/mol. The van der Waals surface area contributed by atoms with Crippen LogP contribution in [-0.4, -0.2) is 9.97 Å². The minimum absolute atomic E-state index is 0.0347. The second-order valence-electron chi connectivity index (χ2n) is 3.95. The average molecular weight is 231 g/mol. The van der Waals surface area contributed by atoms with E-state index in [2.05, 4.69) is 15.3 Å². The van der Waals surface area contributed by atoms with Gasteiger partial charge in [0.25, 0.3) is 0 Å². The molecule has 0 aliphatic heterocycles. The molecule has 0 bridgehead atoms. The lowest BCUT2D eigenvalue weighted by Gasteiger charge is -2.14. The van der Waals surface area contributed by atoms with Gasteiger partial charge in [0.05, 0.1) is 6.04 Å². The van der Waals surface area contributed by atoms with Gasteiger partial charge in [0.1, 0.15) is 5.82 Å². The minimum Gasteiger partial charge on any atom is -0.348 e. The van der Waals surface area contributed by atoms with Crippen molar-refractivity contribution in [1.29, 1.82) is 0 Å². The number of anilines is 1. The highest BCUT2D eigenvalue weighted by Gasteiger charge is 2.08. The van der Waals surface area contributed by atoms with Crippen molar-refractivity contribution >= 4 is 5.95 Å². The molecule has 17 heavy (non-hydrogen) atoms. The first kappa shape index (κ1) is 11.5. The number of benzene rings is 1. The molecule has 1 atom stereocenters. The summed E-state index contributed by atoms with van der Waals surface area (Å²) in [4.78, 5) is 8.14. The Hall–Kier alpha value is -1.97. The Bertz CT molecular complexity index is 499. The van der Waals surface area contributed by atoms with Gasteiger partial charge in [-0.05, 0) is 37.1 Å². The number of aromatic nitrogens is 2. The van der Waals surface area contributed by atoms with E-state index in [-0.39, 0.29) is 11.9 Å². The van der Waals surface area contributed by atoms with Gasteiger partial charge in [0.15, 0.2) is 0 Å². The second kappa shape index (κ2) is 4.91. The zero-order chi connectivity index (χ0) is 12.3. The summed E-state index contributed by atoms with van der Waals surface area (Å²) in [6.45, 7) is 3.69. The molecule has 0 spiro atoms. The largest absolute Gasteiger partial charge is 0.348 e. The summed E-state index contributed by atoms with van der Waals surface area (Å²) in [7, 11) is 0. The molecule has 3 nitrogen and oxygen atoms in total. The fraction of sp³-hybridized carbons (Fsp3) is 0.231. The number of nitrogens with one attached hydrogen (secondary N) is 1. The topological polar surface area (TPSA) is 37.8 Å². The average Bonchev–Trinajstić information content (AvgIpc) is 2.34. The Balaban J connectivity index is 2.14. The molecule has 0 saturated carbocycles. The van der Waals surface area contributed by atoms with Crippen LogP contribution in [0.4, 0.5) is 10.3 Å². The molecule has 1 heterocycles. The van der Waals surface area contributed by atoms with Crippen molar-refractivity contribution in [3.05, 3.63) is 53.6 Å². The molecule has 0 amide bonds. The molecule has 88 valence electrons. The maximum Gasteiger partial charge on any atom is 0.223 e. The Morgan fingerprint density at radius 1 is 1.24 bits per heavy atom. The van der Waals surface area contributed by atoms with E-state index in [4.69, 9.17) is 0 Å². The SMILES string of the molecule is Cc1ccc(C(C)Nc2ncccn2)cc1F. The molecular weight excluding hydrogens is 217 g/mol. The van der Waals surface area contributed by atoms with E-state index in [1.807, 2.05) is 13.0 Å². The lowest BCUT2D eigenvalue weighted by atomic mass is 10.1. The highest BCUT2D eigenvalue weighted by Crippen LogP contribution is 2.18. The molecule has 0 fully saturated rings. The summed E-state index contributed by atoms with van der Waals surface area (Å²) in [5.74, 6) is 0.353. The first-order valence-corrected chi connectivity index (χ1v) is 5.46. The lowest BCUT2D eigenvalue weighted by molar-refractivity contribution is 0.614. The van der Waals surface area contributed by atoms with E-state index in [0.717, 1.165) is 5.56 Å². The van der Waals surface area contributed by atoms with Gasteiger partial charge >= 0.3 is 0 Å².